The molecule has 0 fully saturated rings. The van der Waals surface area contributed by atoms with E-state index in [1.807, 2.05) is 18.3 Å². The predicted octanol–water partition coefficient (Wildman–Crippen LogP) is 2.81. The van der Waals surface area contributed by atoms with E-state index in [1.54, 1.807) is 0 Å². The van der Waals surface area contributed by atoms with E-state index in [4.69, 9.17) is 0 Å². The standard InChI is InChI=1S/C11H15NO/c1-2-4-9-6-7-11(13)10-5-3-8-12(9)10/h3,5,8-9H,2,4,6-7H2,1H3/t9-/m0/s1. The molecule has 0 bridgehead atoms. The summed E-state index contributed by atoms with van der Waals surface area (Å²) in [6, 6.07) is 4.47. The Labute approximate surface area is 78.6 Å². The van der Waals surface area contributed by atoms with E-state index in [-0.39, 0.29) is 0 Å². The van der Waals surface area contributed by atoms with E-state index in [0.29, 0.717) is 11.8 Å². The fraction of sp³-hybridized carbons (Fsp3) is 0.545. The van der Waals surface area contributed by atoms with Gasteiger partial charge in [-0.3, -0.25) is 4.79 Å². The van der Waals surface area contributed by atoms with Gasteiger partial charge in [0.1, 0.15) is 0 Å². The monoisotopic (exact) mass is 177 g/mol. The van der Waals surface area contributed by atoms with Gasteiger partial charge in [-0.05, 0) is 25.0 Å². The van der Waals surface area contributed by atoms with Crippen molar-refractivity contribution >= 4 is 5.78 Å². The molecule has 2 nitrogen and oxygen atoms in total. The second-order valence-corrected chi connectivity index (χ2v) is 3.71. The molecule has 1 atom stereocenters. The lowest BCUT2D eigenvalue weighted by atomic mass is 9.98. The highest BCUT2D eigenvalue weighted by atomic mass is 16.1. The lowest BCUT2D eigenvalue weighted by Crippen LogP contribution is -2.21. The third-order valence-electron chi connectivity index (χ3n) is 2.78. The van der Waals surface area contributed by atoms with Gasteiger partial charge in [0.2, 0.25) is 0 Å². The van der Waals surface area contributed by atoms with Gasteiger partial charge in [-0.2, -0.15) is 0 Å². The Hall–Kier alpha value is -1.05. The lowest BCUT2D eigenvalue weighted by Gasteiger charge is -2.24. The van der Waals surface area contributed by atoms with Gasteiger partial charge in [0.15, 0.2) is 5.78 Å². The maximum atomic E-state index is 11.5. The highest BCUT2D eigenvalue weighted by Crippen LogP contribution is 2.28. The summed E-state index contributed by atoms with van der Waals surface area (Å²) < 4.78 is 2.15. The highest BCUT2D eigenvalue weighted by Gasteiger charge is 2.23. The highest BCUT2D eigenvalue weighted by molar-refractivity contribution is 5.95. The van der Waals surface area contributed by atoms with Crippen LogP contribution in [-0.4, -0.2) is 10.4 Å². The fourth-order valence-electron chi connectivity index (χ4n) is 2.13. The number of carbonyl (C=O) groups is 1. The van der Waals surface area contributed by atoms with Crippen LogP contribution in [0.15, 0.2) is 18.3 Å². The van der Waals surface area contributed by atoms with Crippen LogP contribution in [0.2, 0.25) is 0 Å². The molecule has 2 heteroatoms. The first kappa shape index (κ1) is 8.54. The van der Waals surface area contributed by atoms with E-state index >= 15 is 0 Å². The molecule has 2 rings (SSSR count). The van der Waals surface area contributed by atoms with Crippen LogP contribution >= 0.6 is 0 Å². The van der Waals surface area contributed by atoms with Crippen LogP contribution in [0.5, 0.6) is 0 Å². The molecule has 0 unspecified atom stereocenters. The van der Waals surface area contributed by atoms with Crippen molar-refractivity contribution in [2.24, 2.45) is 0 Å². The number of fused-ring (bicyclic) bond motifs is 1. The number of hydrogen-bond acceptors (Lipinski definition) is 1. The zero-order chi connectivity index (χ0) is 9.26. The molecule has 0 spiro atoms. The van der Waals surface area contributed by atoms with E-state index < -0.39 is 0 Å². The van der Waals surface area contributed by atoms with Crippen molar-refractivity contribution in [3.63, 3.8) is 0 Å². The Kier molecular flexibility index (Phi) is 2.21. The van der Waals surface area contributed by atoms with Crippen molar-refractivity contribution in [3.8, 4) is 0 Å². The molecule has 1 aromatic rings. The summed E-state index contributed by atoms with van der Waals surface area (Å²) in [5.41, 5.74) is 0.907. The Morgan fingerprint density at radius 1 is 1.62 bits per heavy atom. The minimum absolute atomic E-state index is 0.303. The average Bonchev–Trinajstić information content (AvgIpc) is 2.59. The maximum absolute atomic E-state index is 11.5. The van der Waals surface area contributed by atoms with E-state index in [0.717, 1.165) is 18.5 Å². The molecule has 0 N–H and O–H groups in total. The van der Waals surface area contributed by atoms with Crippen LogP contribution in [0.1, 0.15) is 49.1 Å². The molecule has 70 valence electrons. The first-order valence-corrected chi connectivity index (χ1v) is 5.03. The Morgan fingerprint density at radius 2 is 2.46 bits per heavy atom. The Balaban J connectivity index is 2.30. The van der Waals surface area contributed by atoms with Crippen molar-refractivity contribution < 1.29 is 4.79 Å². The van der Waals surface area contributed by atoms with E-state index in [1.165, 1.54) is 12.8 Å². The third-order valence-corrected chi connectivity index (χ3v) is 2.78. The van der Waals surface area contributed by atoms with Gasteiger partial charge in [0.05, 0.1) is 5.69 Å². The molecule has 0 saturated heterocycles. The molecule has 0 saturated carbocycles. The quantitative estimate of drug-likeness (QED) is 0.680. The van der Waals surface area contributed by atoms with Crippen molar-refractivity contribution in [1.29, 1.82) is 0 Å². The summed E-state index contributed by atoms with van der Waals surface area (Å²) >= 11 is 0. The summed E-state index contributed by atoms with van der Waals surface area (Å²) in [6.45, 7) is 2.19. The van der Waals surface area contributed by atoms with Crippen molar-refractivity contribution in [2.75, 3.05) is 0 Å². The van der Waals surface area contributed by atoms with Gasteiger partial charge in [-0.1, -0.05) is 13.3 Å². The smallest absolute Gasteiger partial charge is 0.179 e. The van der Waals surface area contributed by atoms with Crippen molar-refractivity contribution in [3.05, 3.63) is 24.0 Å². The number of aromatic nitrogens is 1. The molecule has 0 aliphatic carbocycles. The van der Waals surface area contributed by atoms with Crippen LogP contribution in [0, 0.1) is 0 Å². The van der Waals surface area contributed by atoms with Gasteiger partial charge in [-0.25, -0.2) is 0 Å². The molecule has 13 heavy (non-hydrogen) atoms. The van der Waals surface area contributed by atoms with Gasteiger partial charge >= 0.3 is 0 Å². The van der Waals surface area contributed by atoms with Crippen molar-refractivity contribution in [2.45, 2.75) is 38.6 Å². The van der Waals surface area contributed by atoms with Crippen LogP contribution in [0.3, 0.4) is 0 Å². The second kappa shape index (κ2) is 3.36. The minimum atomic E-state index is 0.303. The Morgan fingerprint density at radius 3 is 3.23 bits per heavy atom. The lowest BCUT2D eigenvalue weighted by molar-refractivity contribution is 0.0940. The van der Waals surface area contributed by atoms with Crippen LogP contribution < -0.4 is 0 Å². The van der Waals surface area contributed by atoms with Crippen LogP contribution in [-0.2, 0) is 0 Å². The SMILES string of the molecule is CCC[C@H]1CCC(=O)c2cccn21. The molecule has 0 aromatic carbocycles. The molecular weight excluding hydrogens is 162 g/mol. The number of Topliss-reactive ketones (excluding diaryl/α,β-unsaturated/α-hetero) is 1. The topological polar surface area (TPSA) is 22.0 Å². The first-order valence-electron chi connectivity index (χ1n) is 5.03. The molecule has 1 aromatic heterocycles. The van der Waals surface area contributed by atoms with Crippen molar-refractivity contribution in [1.82, 2.24) is 4.57 Å². The maximum Gasteiger partial charge on any atom is 0.179 e. The second-order valence-electron chi connectivity index (χ2n) is 3.71. The average molecular weight is 177 g/mol. The van der Waals surface area contributed by atoms with Crippen LogP contribution in [0.25, 0.3) is 0 Å². The summed E-state index contributed by atoms with van der Waals surface area (Å²) in [5, 5.41) is 0. The number of ketones is 1. The third kappa shape index (κ3) is 1.41. The molecule has 2 heterocycles. The summed E-state index contributed by atoms with van der Waals surface area (Å²) in [6.07, 6.45) is 6.17. The fourth-order valence-corrected chi connectivity index (χ4v) is 2.13. The molecular formula is C11H15NO. The number of hydrogen-bond donors (Lipinski definition) is 0. The van der Waals surface area contributed by atoms with Gasteiger partial charge in [0.25, 0.3) is 0 Å². The zero-order valence-corrected chi connectivity index (χ0v) is 7.99. The zero-order valence-electron chi connectivity index (χ0n) is 7.99. The summed E-state index contributed by atoms with van der Waals surface area (Å²) in [4.78, 5) is 11.5. The van der Waals surface area contributed by atoms with Crippen LogP contribution in [0.4, 0.5) is 0 Å². The minimum Gasteiger partial charge on any atom is -0.342 e. The van der Waals surface area contributed by atoms with Gasteiger partial charge in [0, 0.05) is 18.7 Å². The van der Waals surface area contributed by atoms with Gasteiger partial charge in [-0.15, -0.1) is 0 Å². The van der Waals surface area contributed by atoms with E-state index in [9.17, 15) is 4.79 Å². The molecule has 0 amide bonds. The van der Waals surface area contributed by atoms with E-state index in [2.05, 4.69) is 11.5 Å². The summed E-state index contributed by atoms with van der Waals surface area (Å²) in [5.74, 6) is 0.303. The first-order chi connectivity index (χ1) is 6.33. The predicted molar refractivity (Wildman–Crippen MR) is 51.9 cm³/mol. The number of rotatable bonds is 2. The molecule has 1 aliphatic rings. The largest absolute Gasteiger partial charge is 0.342 e. The van der Waals surface area contributed by atoms with Gasteiger partial charge < -0.3 is 4.57 Å². The molecule has 1 aliphatic heterocycles. The normalized spacial score (nSPS) is 21.6. The summed E-state index contributed by atoms with van der Waals surface area (Å²) in [7, 11) is 0. The number of nitrogens with zero attached hydrogens (tertiary/aromatic N) is 1. The number of carbonyl (C=O) groups excluding carboxylic acids is 1. The Bertz CT molecular complexity index is 314. The molecule has 0 radical (unpaired) electrons.